The van der Waals surface area contributed by atoms with Gasteiger partial charge in [0.2, 0.25) is 11.8 Å². The van der Waals surface area contributed by atoms with Gasteiger partial charge in [-0.05, 0) is 38.0 Å². The smallest absolute Gasteiger partial charge is 0.220 e. The van der Waals surface area contributed by atoms with Crippen LogP contribution in [-0.4, -0.2) is 35.1 Å². The van der Waals surface area contributed by atoms with Gasteiger partial charge in [0.25, 0.3) is 0 Å². The normalized spacial score (nSPS) is 34.1. The van der Waals surface area contributed by atoms with Gasteiger partial charge in [0.15, 0.2) is 0 Å². The molecule has 5 nitrogen and oxygen atoms in total. The van der Waals surface area contributed by atoms with Crippen molar-refractivity contribution in [3.8, 4) is 0 Å². The molecule has 102 valence electrons. The number of hydrogen-bond donors (Lipinski definition) is 3. The number of aliphatic hydroxyl groups excluding tert-OH is 1. The Hall–Kier alpha value is -1.10. The van der Waals surface area contributed by atoms with Crippen LogP contribution >= 0.6 is 0 Å². The van der Waals surface area contributed by atoms with Crippen LogP contribution in [0.25, 0.3) is 0 Å². The minimum Gasteiger partial charge on any atom is -0.393 e. The highest BCUT2D eigenvalue weighted by atomic mass is 16.3. The Morgan fingerprint density at radius 2 is 1.94 bits per heavy atom. The summed E-state index contributed by atoms with van der Waals surface area (Å²) in [6.07, 6.45) is 4.62. The second kappa shape index (κ2) is 5.69. The van der Waals surface area contributed by atoms with Crippen LogP contribution in [0.4, 0.5) is 0 Å². The molecule has 0 aromatic heterocycles. The van der Waals surface area contributed by atoms with E-state index in [1.54, 1.807) is 0 Å². The van der Waals surface area contributed by atoms with Crippen LogP contribution in [-0.2, 0) is 9.59 Å². The number of aliphatic hydroxyl groups is 1. The highest BCUT2D eigenvalue weighted by molar-refractivity contribution is 5.76. The number of carbonyl (C=O) groups is 2. The summed E-state index contributed by atoms with van der Waals surface area (Å²) in [7, 11) is 0. The Morgan fingerprint density at radius 3 is 2.44 bits per heavy atom. The van der Waals surface area contributed by atoms with E-state index in [-0.39, 0.29) is 30.0 Å². The van der Waals surface area contributed by atoms with Crippen molar-refractivity contribution in [2.75, 3.05) is 0 Å². The van der Waals surface area contributed by atoms with Crippen LogP contribution in [0.3, 0.4) is 0 Å². The fraction of sp³-hybridized carbons (Fsp3) is 0.846. The zero-order valence-corrected chi connectivity index (χ0v) is 10.8. The molecule has 2 atom stereocenters. The van der Waals surface area contributed by atoms with Crippen LogP contribution < -0.4 is 10.6 Å². The zero-order chi connectivity index (χ0) is 13.1. The fourth-order valence-corrected chi connectivity index (χ4v) is 2.69. The first-order valence-electron chi connectivity index (χ1n) is 6.79. The molecule has 18 heavy (non-hydrogen) atoms. The van der Waals surface area contributed by atoms with E-state index in [0.717, 1.165) is 19.3 Å². The first-order chi connectivity index (χ1) is 8.54. The number of amides is 2. The van der Waals surface area contributed by atoms with Gasteiger partial charge in [0, 0.05) is 25.4 Å². The lowest BCUT2D eigenvalue weighted by Crippen LogP contribution is -2.48. The van der Waals surface area contributed by atoms with Gasteiger partial charge in [0.05, 0.1) is 6.10 Å². The first kappa shape index (κ1) is 13.3. The van der Waals surface area contributed by atoms with E-state index in [1.165, 1.54) is 6.92 Å². The average molecular weight is 254 g/mol. The van der Waals surface area contributed by atoms with E-state index in [1.807, 2.05) is 0 Å². The molecular formula is C13H22N2O3. The van der Waals surface area contributed by atoms with Gasteiger partial charge in [-0.15, -0.1) is 0 Å². The van der Waals surface area contributed by atoms with Crippen LogP contribution in [0.5, 0.6) is 0 Å². The minimum atomic E-state index is -0.230. The Morgan fingerprint density at radius 1 is 1.22 bits per heavy atom. The van der Waals surface area contributed by atoms with Crippen molar-refractivity contribution >= 4 is 11.8 Å². The first-order valence-corrected chi connectivity index (χ1v) is 6.79. The molecule has 5 heteroatoms. The van der Waals surface area contributed by atoms with Gasteiger partial charge < -0.3 is 15.7 Å². The van der Waals surface area contributed by atoms with E-state index >= 15 is 0 Å². The summed E-state index contributed by atoms with van der Waals surface area (Å²) < 4.78 is 0. The average Bonchev–Trinajstić information content (AvgIpc) is 2.22. The van der Waals surface area contributed by atoms with Crippen LogP contribution in [0.2, 0.25) is 0 Å². The van der Waals surface area contributed by atoms with Crippen molar-refractivity contribution in [1.82, 2.24) is 10.6 Å². The van der Waals surface area contributed by atoms with Crippen LogP contribution in [0.1, 0.15) is 45.4 Å². The second-order valence-corrected chi connectivity index (χ2v) is 5.57. The fourth-order valence-electron chi connectivity index (χ4n) is 2.69. The third-order valence-electron chi connectivity index (χ3n) is 4.03. The van der Waals surface area contributed by atoms with E-state index in [9.17, 15) is 9.59 Å². The largest absolute Gasteiger partial charge is 0.393 e. The van der Waals surface area contributed by atoms with Crippen molar-refractivity contribution in [3.63, 3.8) is 0 Å². The summed E-state index contributed by atoms with van der Waals surface area (Å²) in [5, 5.41) is 15.0. The highest BCUT2D eigenvalue weighted by Gasteiger charge is 2.32. The Bertz CT molecular complexity index is 326. The van der Waals surface area contributed by atoms with Crippen molar-refractivity contribution in [2.45, 2.75) is 63.6 Å². The quantitative estimate of drug-likeness (QED) is 0.661. The molecule has 2 unspecified atom stereocenters. The third kappa shape index (κ3) is 3.45. The topological polar surface area (TPSA) is 78.4 Å². The maximum absolute atomic E-state index is 11.6. The lowest BCUT2D eigenvalue weighted by molar-refractivity contribution is -0.123. The van der Waals surface area contributed by atoms with Crippen molar-refractivity contribution < 1.29 is 14.7 Å². The molecule has 0 bridgehead atoms. The number of carbonyl (C=O) groups excluding carboxylic acids is 2. The van der Waals surface area contributed by atoms with Gasteiger partial charge in [0.1, 0.15) is 0 Å². The van der Waals surface area contributed by atoms with E-state index in [0.29, 0.717) is 25.2 Å². The SMILES string of the molecule is CC(=O)NC1CCC1CCC(=O)NC1CC(O)C1. The number of rotatable bonds is 5. The third-order valence-corrected chi connectivity index (χ3v) is 4.03. The molecule has 0 saturated heterocycles. The lowest BCUT2D eigenvalue weighted by atomic mass is 9.76. The predicted octanol–water partition coefficient (Wildman–Crippen LogP) is 0.321. The molecule has 0 aromatic rings. The molecule has 0 radical (unpaired) electrons. The zero-order valence-electron chi connectivity index (χ0n) is 10.8. The predicted molar refractivity (Wildman–Crippen MR) is 66.7 cm³/mol. The van der Waals surface area contributed by atoms with Crippen molar-refractivity contribution in [1.29, 1.82) is 0 Å². The van der Waals surface area contributed by atoms with Gasteiger partial charge >= 0.3 is 0 Å². The molecule has 2 fully saturated rings. The molecule has 2 saturated carbocycles. The van der Waals surface area contributed by atoms with Crippen molar-refractivity contribution in [3.05, 3.63) is 0 Å². The summed E-state index contributed by atoms with van der Waals surface area (Å²) in [4.78, 5) is 22.6. The molecule has 2 rings (SSSR count). The molecule has 0 aromatic carbocycles. The molecule has 3 N–H and O–H groups in total. The molecule has 2 aliphatic rings. The van der Waals surface area contributed by atoms with Gasteiger partial charge in [-0.2, -0.15) is 0 Å². The molecule has 0 heterocycles. The van der Waals surface area contributed by atoms with Crippen LogP contribution in [0, 0.1) is 5.92 Å². The maximum atomic E-state index is 11.6. The molecule has 2 aliphatic carbocycles. The monoisotopic (exact) mass is 254 g/mol. The lowest BCUT2D eigenvalue weighted by Gasteiger charge is -2.37. The highest BCUT2D eigenvalue weighted by Crippen LogP contribution is 2.31. The van der Waals surface area contributed by atoms with Gasteiger partial charge in [-0.3, -0.25) is 9.59 Å². The summed E-state index contributed by atoms with van der Waals surface area (Å²) in [6, 6.07) is 0.431. The second-order valence-electron chi connectivity index (χ2n) is 5.57. The van der Waals surface area contributed by atoms with Gasteiger partial charge in [-0.1, -0.05) is 0 Å². The molecule has 0 aliphatic heterocycles. The van der Waals surface area contributed by atoms with E-state index in [4.69, 9.17) is 5.11 Å². The molecule has 2 amide bonds. The van der Waals surface area contributed by atoms with Crippen LogP contribution in [0.15, 0.2) is 0 Å². The number of nitrogens with one attached hydrogen (secondary N) is 2. The summed E-state index contributed by atoms with van der Waals surface area (Å²) in [5.41, 5.74) is 0. The van der Waals surface area contributed by atoms with E-state index in [2.05, 4.69) is 10.6 Å². The Balaban J connectivity index is 1.59. The Labute approximate surface area is 107 Å². The summed E-state index contributed by atoms with van der Waals surface area (Å²) in [5.74, 6) is 0.532. The van der Waals surface area contributed by atoms with E-state index < -0.39 is 0 Å². The van der Waals surface area contributed by atoms with Gasteiger partial charge in [-0.25, -0.2) is 0 Å². The molecule has 0 spiro atoms. The summed E-state index contributed by atoms with van der Waals surface area (Å²) in [6.45, 7) is 1.53. The minimum absolute atomic E-state index is 0.0117. The van der Waals surface area contributed by atoms with Crippen molar-refractivity contribution in [2.24, 2.45) is 5.92 Å². The molecular weight excluding hydrogens is 232 g/mol. The standard InChI is InChI=1S/C13H22N2O3/c1-8(16)14-12-4-2-9(12)3-5-13(18)15-10-6-11(17)7-10/h9-12,17H,2-7H2,1H3,(H,14,16)(H,15,18). The maximum Gasteiger partial charge on any atom is 0.220 e. The Kier molecular flexibility index (Phi) is 4.22. The summed E-state index contributed by atoms with van der Waals surface area (Å²) >= 11 is 0. The number of hydrogen-bond acceptors (Lipinski definition) is 3.